The maximum atomic E-state index is 4.17. The number of hydrogen-bond donors (Lipinski definition) is 0. The van der Waals surface area contributed by atoms with E-state index in [1.165, 1.54) is 10.1 Å². The number of hydrogen-bond acceptors (Lipinski definition) is 1. The molecule has 0 N–H and O–H groups in total. The summed E-state index contributed by atoms with van der Waals surface area (Å²) < 4.78 is 1.39. The predicted molar refractivity (Wildman–Crippen MR) is 70.2 cm³/mol. The molecule has 0 aromatic heterocycles. The molecule has 0 unspecified atom stereocenters. The van der Waals surface area contributed by atoms with Crippen molar-refractivity contribution in [3.8, 4) is 0 Å². The zero-order valence-corrected chi connectivity index (χ0v) is 11.0. The Kier molecular flexibility index (Phi) is 4.02. The Labute approximate surface area is 92.4 Å². The van der Waals surface area contributed by atoms with Crippen LogP contribution in [0.2, 0.25) is 19.6 Å². The van der Waals surface area contributed by atoms with E-state index in [4.69, 9.17) is 0 Å². The summed E-state index contributed by atoms with van der Waals surface area (Å²) >= 11 is 1.90. The maximum absolute atomic E-state index is 4.17. The number of benzene rings is 1. The minimum absolute atomic E-state index is 1.06. The molecule has 0 saturated heterocycles. The molecule has 0 heterocycles. The molecule has 0 fully saturated rings. The molecule has 0 aliphatic carbocycles. The lowest BCUT2D eigenvalue weighted by molar-refractivity contribution is 1.42. The zero-order valence-electron chi connectivity index (χ0n) is 9.21. The Bertz CT molecular complexity index is 298. The minimum Gasteiger partial charge on any atom is -0.131 e. The summed E-state index contributed by atoms with van der Waals surface area (Å²) in [6.07, 6.45) is 0. The molecule has 1 rings (SSSR count). The van der Waals surface area contributed by atoms with Gasteiger partial charge in [-0.25, -0.2) is 0 Å². The molecule has 0 bridgehead atoms. The topological polar surface area (TPSA) is 0 Å². The van der Waals surface area contributed by atoms with Crippen LogP contribution in [0.15, 0.2) is 41.4 Å². The molecule has 2 heteroatoms. The van der Waals surface area contributed by atoms with E-state index in [1.54, 1.807) is 0 Å². The molecule has 0 atom stereocenters. The SMILES string of the molecule is C=C(SCc1ccccc1)[Si](C)(C)C. The average molecular weight is 222 g/mol. The van der Waals surface area contributed by atoms with Crippen molar-refractivity contribution in [2.24, 2.45) is 0 Å². The molecule has 0 radical (unpaired) electrons. The summed E-state index contributed by atoms with van der Waals surface area (Å²) in [5.41, 5.74) is 1.39. The van der Waals surface area contributed by atoms with Gasteiger partial charge >= 0.3 is 0 Å². The molecule has 0 aliphatic heterocycles. The first-order chi connectivity index (χ1) is 6.50. The first-order valence-corrected chi connectivity index (χ1v) is 9.35. The van der Waals surface area contributed by atoms with Crippen LogP contribution in [-0.2, 0) is 5.75 Å². The van der Waals surface area contributed by atoms with E-state index in [0.29, 0.717) is 0 Å². The smallest absolute Gasteiger partial charge is 0.0849 e. The molecule has 0 nitrogen and oxygen atoms in total. The Balaban J connectivity index is 2.46. The first-order valence-electron chi connectivity index (χ1n) is 4.86. The van der Waals surface area contributed by atoms with Crippen molar-refractivity contribution in [1.82, 2.24) is 0 Å². The highest BCUT2D eigenvalue weighted by atomic mass is 32.2. The molecular formula is C12H18SSi. The molecule has 0 amide bonds. The van der Waals surface area contributed by atoms with Crippen molar-refractivity contribution in [3.63, 3.8) is 0 Å². The van der Waals surface area contributed by atoms with Gasteiger partial charge < -0.3 is 0 Å². The van der Waals surface area contributed by atoms with E-state index < -0.39 is 8.07 Å². The van der Waals surface area contributed by atoms with Gasteiger partial charge in [-0.1, -0.05) is 56.6 Å². The zero-order chi connectivity index (χ0) is 10.6. The van der Waals surface area contributed by atoms with Crippen LogP contribution in [0.3, 0.4) is 0 Å². The van der Waals surface area contributed by atoms with E-state index in [-0.39, 0.29) is 0 Å². The van der Waals surface area contributed by atoms with Gasteiger partial charge in [0.15, 0.2) is 0 Å². The van der Waals surface area contributed by atoms with Gasteiger partial charge in [0, 0.05) is 5.75 Å². The fourth-order valence-electron chi connectivity index (χ4n) is 0.961. The van der Waals surface area contributed by atoms with Crippen molar-refractivity contribution in [2.45, 2.75) is 25.4 Å². The average Bonchev–Trinajstić information content (AvgIpc) is 2.14. The minimum atomic E-state index is -1.15. The third-order valence-electron chi connectivity index (χ3n) is 2.09. The standard InChI is InChI=1S/C12H18SSi/c1-11(14(2,3)4)13-10-12-8-6-5-7-9-12/h5-9H,1,10H2,2-4H3. The molecule has 0 saturated carbocycles. The number of rotatable bonds is 4. The normalized spacial score (nSPS) is 11.4. The van der Waals surface area contributed by atoms with Gasteiger partial charge in [0.1, 0.15) is 0 Å². The van der Waals surface area contributed by atoms with Crippen LogP contribution in [0.25, 0.3) is 0 Å². The highest BCUT2D eigenvalue weighted by Gasteiger charge is 2.17. The van der Waals surface area contributed by atoms with Crippen LogP contribution in [0.1, 0.15) is 5.56 Å². The van der Waals surface area contributed by atoms with Gasteiger partial charge in [0.25, 0.3) is 0 Å². The van der Waals surface area contributed by atoms with Crippen molar-refractivity contribution >= 4 is 19.8 Å². The Morgan fingerprint density at radius 3 is 2.29 bits per heavy atom. The molecule has 0 spiro atoms. The van der Waals surface area contributed by atoms with Crippen molar-refractivity contribution < 1.29 is 0 Å². The molecule has 0 aliphatic rings. The summed E-state index contributed by atoms with van der Waals surface area (Å²) in [5, 5.41) is 0. The number of thioether (sulfide) groups is 1. The highest BCUT2D eigenvalue weighted by molar-refractivity contribution is 8.04. The van der Waals surface area contributed by atoms with Gasteiger partial charge in [-0.15, -0.1) is 11.8 Å². The third-order valence-corrected chi connectivity index (χ3v) is 6.86. The second kappa shape index (κ2) is 4.85. The lowest BCUT2D eigenvalue weighted by atomic mass is 10.2. The van der Waals surface area contributed by atoms with Gasteiger partial charge in [0.05, 0.1) is 8.07 Å². The van der Waals surface area contributed by atoms with Gasteiger partial charge in [0.2, 0.25) is 0 Å². The van der Waals surface area contributed by atoms with Crippen LogP contribution >= 0.6 is 11.8 Å². The van der Waals surface area contributed by atoms with E-state index >= 15 is 0 Å². The Hall–Kier alpha value is -0.473. The molecule has 1 aromatic rings. The van der Waals surface area contributed by atoms with Crippen molar-refractivity contribution in [3.05, 3.63) is 47.0 Å². The first kappa shape index (κ1) is 11.6. The summed E-state index contributed by atoms with van der Waals surface area (Å²) in [4.78, 5) is 0. The summed E-state index contributed by atoms with van der Waals surface area (Å²) in [7, 11) is -1.15. The summed E-state index contributed by atoms with van der Waals surface area (Å²) in [6, 6.07) is 10.6. The van der Waals surface area contributed by atoms with Crippen molar-refractivity contribution in [2.75, 3.05) is 0 Å². The van der Waals surface area contributed by atoms with Crippen LogP contribution < -0.4 is 0 Å². The monoisotopic (exact) mass is 222 g/mol. The van der Waals surface area contributed by atoms with Crippen LogP contribution in [0, 0.1) is 0 Å². The fourth-order valence-corrected chi connectivity index (χ4v) is 3.44. The van der Waals surface area contributed by atoms with Gasteiger partial charge in [-0.2, -0.15) is 0 Å². The quantitative estimate of drug-likeness (QED) is 0.684. The highest BCUT2D eigenvalue weighted by Crippen LogP contribution is 2.27. The molecule has 14 heavy (non-hydrogen) atoms. The lowest BCUT2D eigenvalue weighted by Crippen LogP contribution is -2.21. The second-order valence-corrected chi connectivity index (χ2v) is 11.0. The Morgan fingerprint density at radius 1 is 1.21 bits per heavy atom. The predicted octanol–water partition coefficient (Wildman–Crippen LogP) is 4.31. The van der Waals surface area contributed by atoms with E-state index in [9.17, 15) is 0 Å². The summed E-state index contributed by atoms with van der Waals surface area (Å²) in [5.74, 6) is 1.06. The van der Waals surface area contributed by atoms with Crippen LogP contribution in [-0.4, -0.2) is 8.07 Å². The van der Waals surface area contributed by atoms with Crippen LogP contribution in [0.5, 0.6) is 0 Å². The summed E-state index contributed by atoms with van der Waals surface area (Å²) in [6.45, 7) is 11.2. The van der Waals surface area contributed by atoms with Gasteiger partial charge in [-0.05, 0) is 10.1 Å². The van der Waals surface area contributed by atoms with Crippen molar-refractivity contribution in [1.29, 1.82) is 0 Å². The van der Waals surface area contributed by atoms with Crippen LogP contribution in [0.4, 0.5) is 0 Å². The lowest BCUT2D eigenvalue weighted by Gasteiger charge is -2.18. The maximum Gasteiger partial charge on any atom is 0.0849 e. The van der Waals surface area contributed by atoms with E-state index in [0.717, 1.165) is 5.75 Å². The second-order valence-electron chi connectivity index (χ2n) is 4.45. The largest absolute Gasteiger partial charge is 0.131 e. The van der Waals surface area contributed by atoms with E-state index in [1.807, 2.05) is 11.8 Å². The van der Waals surface area contributed by atoms with Gasteiger partial charge in [-0.3, -0.25) is 0 Å². The fraction of sp³-hybridized carbons (Fsp3) is 0.333. The van der Waals surface area contributed by atoms with E-state index in [2.05, 4.69) is 56.6 Å². The molecular weight excluding hydrogens is 204 g/mol. The molecule has 76 valence electrons. The molecule has 1 aromatic carbocycles. The third kappa shape index (κ3) is 3.72. The Morgan fingerprint density at radius 2 is 1.79 bits per heavy atom.